The molecule has 1 heterocycles. The lowest BCUT2D eigenvalue weighted by atomic mass is 9.91. The van der Waals surface area contributed by atoms with Gasteiger partial charge in [-0.15, -0.1) is 0 Å². The standard InChI is InChI=1S/C16H28N2O3/c1-12(17-18-9-5-7-14(18)11-20-2)10-13-6-4-8-15(13)16(19)21-3/h13-15H,4-11H2,1-3H3/b17-12+/t13-,14+,15+/m1/s1. The highest BCUT2D eigenvalue weighted by Gasteiger charge is 2.34. The second-order valence-electron chi connectivity index (χ2n) is 6.27. The number of methoxy groups -OCH3 is 2. The highest BCUT2D eigenvalue weighted by atomic mass is 16.5. The lowest BCUT2D eigenvalue weighted by molar-refractivity contribution is -0.146. The predicted molar refractivity (Wildman–Crippen MR) is 82.2 cm³/mol. The van der Waals surface area contributed by atoms with Gasteiger partial charge in [0, 0.05) is 19.4 Å². The third-order valence-corrected chi connectivity index (χ3v) is 4.72. The first-order valence-corrected chi connectivity index (χ1v) is 8.03. The van der Waals surface area contributed by atoms with Crippen LogP contribution in [0.1, 0.15) is 45.4 Å². The van der Waals surface area contributed by atoms with Gasteiger partial charge in [0.2, 0.25) is 0 Å². The monoisotopic (exact) mass is 296 g/mol. The summed E-state index contributed by atoms with van der Waals surface area (Å²) in [6, 6.07) is 0.407. The second-order valence-corrected chi connectivity index (χ2v) is 6.27. The minimum atomic E-state index is -0.0521. The van der Waals surface area contributed by atoms with Crippen LogP contribution < -0.4 is 0 Å². The van der Waals surface area contributed by atoms with E-state index in [1.54, 1.807) is 7.11 Å². The van der Waals surface area contributed by atoms with Gasteiger partial charge in [-0.1, -0.05) is 6.42 Å². The van der Waals surface area contributed by atoms with Crippen LogP contribution in [-0.2, 0) is 14.3 Å². The third kappa shape index (κ3) is 4.19. The van der Waals surface area contributed by atoms with Gasteiger partial charge in [-0.05, 0) is 44.9 Å². The van der Waals surface area contributed by atoms with Crippen molar-refractivity contribution in [2.75, 3.05) is 27.4 Å². The predicted octanol–water partition coefficient (Wildman–Crippen LogP) is 2.45. The minimum Gasteiger partial charge on any atom is -0.469 e. The van der Waals surface area contributed by atoms with Crippen molar-refractivity contribution in [1.29, 1.82) is 0 Å². The van der Waals surface area contributed by atoms with E-state index in [-0.39, 0.29) is 11.9 Å². The first-order chi connectivity index (χ1) is 10.2. The molecule has 0 aromatic rings. The molecule has 1 saturated carbocycles. The molecule has 1 aliphatic carbocycles. The van der Waals surface area contributed by atoms with Crippen LogP contribution in [0, 0.1) is 11.8 Å². The summed E-state index contributed by atoms with van der Waals surface area (Å²) in [4.78, 5) is 11.8. The molecule has 0 bridgehead atoms. The molecule has 21 heavy (non-hydrogen) atoms. The van der Waals surface area contributed by atoms with Crippen molar-refractivity contribution >= 4 is 11.7 Å². The van der Waals surface area contributed by atoms with Gasteiger partial charge in [0.25, 0.3) is 0 Å². The van der Waals surface area contributed by atoms with Crippen LogP contribution in [0.25, 0.3) is 0 Å². The molecule has 0 N–H and O–H groups in total. The van der Waals surface area contributed by atoms with Gasteiger partial charge in [0.1, 0.15) is 0 Å². The van der Waals surface area contributed by atoms with Crippen molar-refractivity contribution < 1.29 is 14.3 Å². The van der Waals surface area contributed by atoms with Gasteiger partial charge >= 0.3 is 5.97 Å². The molecular weight excluding hydrogens is 268 g/mol. The Labute approximate surface area is 127 Å². The normalized spacial score (nSPS) is 30.0. The molecule has 0 radical (unpaired) electrons. The Morgan fingerprint density at radius 3 is 2.76 bits per heavy atom. The van der Waals surface area contributed by atoms with E-state index in [1.807, 2.05) is 0 Å². The summed E-state index contributed by atoms with van der Waals surface area (Å²) in [5.41, 5.74) is 1.12. The maximum atomic E-state index is 11.8. The Kier molecular flexibility index (Phi) is 6.03. The maximum Gasteiger partial charge on any atom is 0.308 e. The summed E-state index contributed by atoms with van der Waals surface area (Å²) in [5, 5.41) is 6.94. The van der Waals surface area contributed by atoms with Crippen molar-refractivity contribution in [3.8, 4) is 0 Å². The van der Waals surface area contributed by atoms with E-state index in [1.165, 1.54) is 13.5 Å². The van der Waals surface area contributed by atoms with Gasteiger partial charge < -0.3 is 9.47 Å². The molecule has 2 aliphatic rings. The molecule has 5 heteroatoms. The maximum absolute atomic E-state index is 11.8. The number of carbonyl (C=O) groups is 1. The van der Waals surface area contributed by atoms with Crippen LogP contribution >= 0.6 is 0 Å². The number of rotatable bonds is 6. The van der Waals surface area contributed by atoms with Gasteiger partial charge in [0.15, 0.2) is 0 Å². The van der Waals surface area contributed by atoms with Crippen LogP contribution in [0.2, 0.25) is 0 Å². The van der Waals surface area contributed by atoms with Gasteiger partial charge in [-0.2, -0.15) is 5.10 Å². The summed E-state index contributed by atoms with van der Waals surface area (Å²) in [7, 11) is 3.23. The zero-order valence-corrected chi connectivity index (χ0v) is 13.5. The number of esters is 1. The quantitative estimate of drug-likeness (QED) is 0.558. The van der Waals surface area contributed by atoms with Crippen molar-refractivity contribution in [3.63, 3.8) is 0 Å². The molecule has 1 saturated heterocycles. The average molecular weight is 296 g/mol. The molecule has 1 aliphatic heterocycles. The molecule has 3 atom stereocenters. The SMILES string of the molecule is COC[C@@H]1CCCN1/N=C(\C)C[C@H]1CCC[C@@H]1C(=O)OC. The molecule has 0 amide bonds. The summed E-state index contributed by atoms with van der Waals surface area (Å²) < 4.78 is 10.2. The summed E-state index contributed by atoms with van der Waals surface area (Å²) >= 11 is 0. The zero-order valence-electron chi connectivity index (χ0n) is 13.5. The highest BCUT2D eigenvalue weighted by Crippen LogP contribution is 2.35. The van der Waals surface area contributed by atoms with Gasteiger partial charge in [-0.3, -0.25) is 9.80 Å². The van der Waals surface area contributed by atoms with Gasteiger partial charge in [-0.25, -0.2) is 0 Å². The van der Waals surface area contributed by atoms with Crippen molar-refractivity contribution in [2.45, 2.75) is 51.5 Å². The van der Waals surface area contributed by atoms with Crippen LogP contribution in [-0.4, -0.2) is 50.1 Å². The molecule has 2 rings (SSSR count). The second kappa shape index (κ2) is 7.78. The fourth-order valence-electron chi connectivity index (χ4n) is 3.70. The van der Waals surface area contributed by atoms with Crippen LogP contribution in [0.4, 0.5) is 0 Å². The van der Waals surface area contributed by atoms with E-state index in [0.717, 1.165) is 51.0 Å². The highest BCUT2D eigenvalue weighted by molar-refractivity contribution is 5.83. The number of hydrazone groups is 1. The van der Waals surface area contributed by atoms with E-state index in [9.17, 15) is 4.79 Å². The van der Waals surface area contributed by atoms with E-state index >= 15 is 0 Å². The molecule has 0 unspecified atom stereocenters. The Balaban J connectivity index is 1.92. The molecular formula is C16H28N2O3. The molecule has 0 aromatic heterocycles. The number of carbonyl (C=O) groups excluding carboxylic acids is 1. The minimum absolute atomic E-state index is 0.0521. The summed E-state index contributed by atoms with van der Waals surface area (Å²) in [6.07, 6.45) is 6.41. The van der Waals surface area contributed by atoms with Gasteiger partial charge in [0.05, 0.1) is 25.7 Å². The molecule has 120 valence electrons. The first-order valence-electron chi connectivity index (χ1n) is 8.03. The third-order valence-electron chi connectivity index (χ3n) is 4.72. The van der Waals surface area contributed by atoms with E-state index in [4.69, 9.17) is 14.6 Å². The fourth-order valence-corrected chi connectivity index (χ4v) is 3.70. The van der Waals surface area contributed by atoms with Crippen LogP contribution in [0.15, 0.2) is 5.10 Å². The lowest BCUT2D eigenvalue weighted by Crippen LogP contribution is -2.30. The molecule has 2 fully saturated rings. The molecule has 0 spiro atoms. The molecule has 5 nitrogen and oxygen atoms in total. The average Bonchev–Trinajstić information content (AvgIpc) is 3.08. The van der Waals surface area contributed by atoms with Crippen molar-refractivity contribution in [2.24, 2.45) is 16.9 Å². The topological polar surface area (TPSA) is 51.1 Å². The molecule has 0 aromatic carbocycles. The number of hydrogen-bond acceptors (Lipinski definition) is 5. The Morgan fingerprint density at radius 1 is 1.24 bits per heavy atom. The van der Waals surface area contributed by atoms with E-state index in [0.29, 0.717) is 12.0 Å². The summed E-state index contributed by atoms with van der Waals surface area (Å²) in [5.74, 6) is 0.405. The van der Waals surface area contributed by atoms with Crippen LogP contribution in [0.3, 0.4) is 0 Å². The first kappa shape index (κ1) is 16.3. The number of ether oxygens (including phenoxy) is 2. The van der Waals surface area contributed by atoms with E-state index < -0.39 is 0 Å². The van der Waals surface area contributed by atoms with Crippen molar-refractivity contribution in [3.05, 3.63) is 0 Å². The Bertz CT molecular complexity index is 384. The zero-order chi connectivity index (χ0) is 15.2. The fraction of sp³-hybridized carbons (Fsp3) is 0.875. The number of hydrogen-bond donors (Lipinski definition) is 0. The lowest BCUT2D eigenvalue weighted by Gasteiger charge is -2.23. The van der Waals surface area contributed by atoms with Crippen LogP contribution in [0.5, 0.6) is 0 Å². The smallest absolute Gasteiger partial charge is 0.308 e. The largest absolute Gasteiger partial charge is 0.469 e. The van der Waals surface area contributed by atoms with Crippen molar-refractivity contribution in [1.82, 2.24) is 5.01 Å². The number of nitrogens with zero attached hydrogens (tertiary/aromatic N) is 2. The van der Waals surface area contributed by atoms with E-state index in [2.05, 4.69) is 11.9 Å². The Hall–Kier alpha value is -1.10. The Morgan fingerprint density at radius 2 is 2.05 bits per heavy atom. The summed E-state index contributed by atoms with van der Waals surface area (Å²) in [6.45, 7) is 3.83.